The first-order valence-corrected chi connectivity index (χ1v) is 6.41. The third-order valence-electron chi connectivity index (χ3n) is 3.04. The molecule has 0 spiro atoms. The molecule has 0 saturated carbocycles. The maximum absolute atomic E-state index is 11.9. The highest BCUT2D eigenvalue weighted by Gasteiger charge is 2.20. The van der Waals surface area contributed by atoms with Crippen LogP contribution in [0.25, 0.3) is 0 Å². The zero-order valence-electron chi connectivity index (χ0n) is 9.99. The van der Waals surface area contributed by atoms with E-state index in [1.807, 2.05) is 18.2 Å². The highest BCUT2D eigenvalue weighted by molar-refractivity contribution is 6.27. The maximum atomic E-state index is 11.9. The summed E-state index contributed by atoms with van der Waals surface area (Å²) in [6, 6.07) is 8.11. The number of hydrogen-bond donors (Lipinski definition) is 1. The summed E-state index contributed by atoms with van der Waals surface area (Å²) in [5.74, 6) is -0.499. The van der Waals surface area contributed by atoms with Crippen LogP contribution in [0.4, 0.5) is 0 Å². The molecule has 4 nitrogen and oxygen atoms in total. The molecule has 18 heavy (non-hydrogen) atoms. The summed E-state index contributed by atoms with van der Waals surface area (Å²) in [5.41, 5.74) is 2.48. The molecule has 0 bridgehead atoms. The summed E-state index contributed by atoms with van der Waals surface area (Å²) < 4.78 is 0. The lowest BCUT2D eigenvalue weighted by atomic mass is 10.00. The minimum Gasteiger partial charge on any atom is -0.346 e. The predicted octanol–water partition coefficient (Wildman–Crippen LogP) is 0.926. The van der Waals surface area contributed by atoms with Crippen LogP contribution in [0.1, 0.15) is 11.1 Å². The van der Waals surface area contributed by atoms with Crippen molar-refractivity contribution < 1.29 is 9.59 Å². The molecule has 0 unspecified atom stereocenters. The van der Waals surface area contributed by atoms with E-state index < -0.39 is 0 Å². The summed E-state index contributed by atoms with van der Waals surface area (Å²) in [5, 5.41) is 2.49. The number of alkyl halides is 1. The number of amides is 2. The fraction of sp³-hybridized carbons (Fsp3) is 0.385. The monoisotopic (exact) mass is 266 g/mol. The minimum absolute atomic E-state index is 0.0215. The van der Waals surface area contributed by atoms with Crippen LogP contribution < -0.4 is 5.32 Å². The van der Waals surface area contributed by atoms with Gasteiger partial charge in [-0.15, -0.1) is 11.6 Å². The third kappa shape index (κ3) is 3.01. The molecular formula is C13H15ClN2O2. The third-order valence-corrected chi connectivity index (χ3v) is 3.28. The zero-order valence-corrected chi connectivity index (χ0v) is 10.7. The fourth-order valence-corrected chi connectivity index (χ4v) is 2.14. The molecule has 1 heterocycles. The molecule has 1 aromatic carbocycles. The van der Waals surface area contributed by atoms with Crippen LogP contribution in [0, 0.1) is 0 Å². The summed E-state index contributed by atoms with van der Waals surface area (Å²) in [6.45, 7) is 1.34. The molecule has 0 atom stereocenters. The topological polar surface area (TPSA) is 49.4 Å². The summed E-state index contributed by atoms with van der Waals surface area (Å²) >= 11 is 5.35. The lowest BCUT2D eigenvalue weighted by Crippen LogP contribution is -2.42. The van der Waals surface area contributed by atoms with Crippen LogP contribution in [-0.4, -0.2) is 35.7 Å². The summed E-state index contributed by atoms with van der Waals surface area (Å²) in [7, 11) is 0. The van der Waals surface area contributed by atoms with Gasteiger partial charge < -0.3 is 10.2 Å². The van der Waals surface area contributed by atoms with Crippen LogP contribution in [0.15, 0.2) is 24.3 Å². The molecular weight excluding hydrogens is 252 g/mol. The number of hydrogen-bond acceptors (Lipinski definition) is 2. The Balaban J connectivity index is 1.92. The van der Waals surface area contributed by atoms with E-state index >= 15 is 0 Å². The number of carbonyl (C=O) groups excluding carboxylic acids is 2. The first-order chi connectivity index (χ1) is 8.70. The van der Waals surface area contributed by atoms with Crippen molar-refractivity contribution in [1.82, 2.24) is 10.2 Å². The van der Waals surface area contributed by atoms with Gasteiger partial charge in [0, 0.05) is 13.1 Å². The molecule has 0 fully saturated rings. The first-order valence-electron chi connectivity index (χ1n) is 5.88. The molecule has 0 aromatic heterocycles. The number of benzene rings is 1. The fourth-order valence-electron chi connectivity index (χ4n) is 2.04. The molecule has 1 aromatic rings. The van der Waals surface area contributed by atoms with Gasteiger partial charge in [0.2, 0.25) is 11.8 Å². The average molecular weight is 267 g/mol. The SMILES string of the molecule is O=C(CCl)NCC(=O)N1CCc2ccccc2C1. The molecule has 1 aliphatic rings. The Labute approximate surface area is 111 Å². The maximum Gasteiger partial charge on any atom is 0.242 e. The van der Waals surface area contributed by atoms with Crippen molar-refractivity contribution in [1.29, 1.82) is 0 Å². The smallest absolute Gasteiger partial charge is 0.242 e. The van der Waals surface area contributed by atoms with E-state index in [1.165, 1.54) is 11.1 Å². The van der Waals surface area contributed by atoms with Gasteiger partial charge in [0.1, 0.15) is 5.88 Å². The van der Waals surface area contributed by atoms with E-state index in [1.54, 1.807) is 4.90 Å². The van der Waals surface area contributed by atoms with Gasteiger partial charge in [-0.1, -0.05) is 24.3 Å². The highest BCUT2D eigenvalue weighted by atomic mass is 35.5. The quantitative estimate of drug-likeness (QED) is 0.828. The van der Waals surface area contributed by atoms with E-state index in [-0.39, 0.29) is 24.2 Å². The van der Waals surface area contributed by atoms with Crippen LogP contribution in [0.2, 0.25) is 0 Å². The van der Waals surface area contributed by atoms with Crippen molar-refractivity contribution in [2.24, 2.45) is 0 Å². The summed E-state index contributed by atoms with van der Waals surface area (Å²) in [6.07, 6.45) is 0.866. The Morgan fingerprint density at radius 2 is 2.00 bits per heavy atom. The molecule has 1 N–H and O–H groups in total. The Bertz CT molecular complexity index is 462. The molecule has 1 aliphatic heterocycles. The van der Waals surface area contributed by atoms with Gasteiger partial charge in [0.05, 0.1) is 6.54 Å². The molecule has 2 amide bonds. The molecule has 0 aliphatic carbocycles. The van der Waals surface area contributed by atoms with E-state index in [4.69, 9.17) is 11.6 Å². The van der Waals surface area contributed by atoms with Gasteiger partial charge in [0.15, 0.2) is 0 Å². The molecule has 5 heteroatoms. The number of rotatable bonds is 3. The van der Waals surface area contributed by atoms with Crippen molar-refractivity contribution in [3.63, 3.8) is 0 Å². The lowest BCUT2D eigenvalue weighted by molar-refractivity contribution is -0.133. The van der Waals surface area contributed by atoms with Crippen molar-refractivity contribution in [3.05, 3.63) is 35.4 Å². The van der Waals surface area contributed by atoms with Crippen LogP contribution in [-0.2, 0) is 22.6 Å². The average Bonchev–Trinajstić information content (AvgIpc) is 2.43. The Morgan fingerprint density at radius 1 is 1.28 bits per heavy atom. The van der Waals surface area contributed by atoms with Crippen molar-refractivity contribution in [2.45, 2.75) is 13.0 Å². The van der Waals surface area contributed by atoms with Crippen LogP contribution in [0.5, 0.6) is 0 Å². The Hall–Kier alpha value is -1.55. The van der Waals surface area contributed by atoms with E-state index in [0.29, 0.717) is 13.1 Å². The van der Waals surface area contributed by atoms with Gasteiger partial charge >= 0.3 is 0 Å². The minimum atomic E-state index is -0.317. The Morgan fingerprint density at radius 3 is 2.72 bits per heavy atom. The predicted molar refractivity (Wildman–Crippen MR) is 69.3 cm³/mol. The second-order valence-electron chi connectivity index (χ2n) is 4.24. The highest BCUT2D eigenvalue weighted by Crippen LogP contribution is 2.18. The van der Waals surface area contributed by atoms with Gasteiger partial charge in [0.25, 0.3) is 0 Å². The second-order valence-corrected chi connectivity index (χ2v) is 4.51. The number of fused-ring (bicyclic) bond motifs is 1. The number of nitrogens with zero attached hydrogens (tertiary/aromatic N) is 1. The number of nitrogens with one attached hydrogen (secondary N) is 1. The van der Waals surface area contributed by atoms with Crippen molar-refractivity contribution in [3.8, 4) is 0 Å². The van der Waals surface area contributed by atoms with Crippen molar-refractivity contribution >= 4 is 23.4 Å². The first kappa shape index (κ1) is 12.9. The number of halogens is 1. The second kappa shape index (κ2) is 5.87. The van der Waals surface area contributed by atoms with Gasteiger partial charge in [-0.05, 0) is 17.5 Å². The standard InChI is InChI=1S/C13H15ClN2O2/c14-7-12(17)15-8-13(18)16-6-5-10-3-1-2-4-11(10)9-16/h1-4H,5-9H2,(H,15,17). The van der Waals surface area contributed by atoms with E-state index in [9.17, 15) is 9.59 Å². The molecule has 0 saturated heterocycles. The van der Waals surface area contributed by atoms with Crippen molar-refractivity contribution in [2.75, 3.05) is 19.0 Å². The summed E-state index contributed by atoms with van der Waals surface area (Å²) in [4.78, 5) is 24.6. The normalized spacial score (nSPS) is 13.9. The van der Waals surface area contributed by atoms with E-state index in [2.05, 4.69) is 11.4 Å². The lowest BCUT2D eigenvalue weighted by Gasteiger charge is -2.28. The van der Waals surface area contributed by atoms with Gasteiger partial charge in [-0.2, -0.15) is 0 Å². The Kier molecular flexibility index (Phi) is 4.20. The van der Waals surface area contributed by atoms with Gasteiger partial charge in [-0.3, -0.25) is 9.59 Å². The van der Waals surface area contributed by atoms with E-state index in [0.717, 1.165) is 6.42 Å². The van der Waals surface area contributed by atoms with Crippen LogP contribution >= 0.6 is 11.6 Å². The van der Waals surface area contributed by atoms with Gasteiger partial charge in [-0.25, -0.2) is 0 Å². The molecule has 96 valence electrons. The largest absolute Gasteiger partial charge is 0.346 e. The zero-order chi connectivity index (χ0) is 13.0. The number of carbonyl (C=O) groups is 2. The molecule has 0 radical (unpaired) electrons. The van der Waals surface area contributed by atoms with Crippen LogP contribution in [0.3, 0.4) is 0 Å². The molecule has 2 rings (SSSR count).